The molecule has 0 radical (unpaired) electrons. The zero-order valence-electron chi connectivity index (χ0n) is 16.4. The Hall–Kier alpha value is -2.14. The number of amides is 1. The summed E-state index contributed by atoms with van der Waals surface area (Å²) in [6, 6.07) is 4.41. The van der Waals surface area contributed by atoms with Gasteiger partial charge in [0.2, 0.25) is 5.91 Å². The molecule has 2 N–H and O–H groups in total. The fraction of sp³-hybridized carbons (Fsp3) is 0.545. The summed E-state index contributed by atoms with van der Waals surface area (Å²) in [7, 11) is 0. The number of H-pyrrole nitrogens is 1. The van der Waals surface area contributed by atoms with Crippen molar-refractivity contribution in [1.29, 1.82) is 0 Å². The van der Waals surface area contributed by atoms with Gasteiger partial charge in [-0.3, -0.25) is 14.5 Å². The minimum atomic E-state index is 0.0919. The van der Waals surface area contributed by atoms with Crippen molar-refractivity contribution in [1.82, 2.24) is 15.2 Å². The Morgan fingerprint density at radius 1 is 1.22 bits per heavy atom. The van der Waals surface area contributed by atoms with Crippen molar-refractivity contribution in [2.75, 3.05) is 13.1 Å². The van der Waals surface area contributed by atoms with E-state index in [0.717, 1.165) is 59.1 Å². The molecule has 0 saturated heterocycles. The van der Waals surface area contributed by atoms with Gasteiger partial charge < -0.3 is 10.3 Å². The van der Waals surface area contributed by atoms with Crippen LogP contribution in [0.5, 0.6) is 0 Å². The molecule has 0 atom stereocenters. The van der Waals surface area contributed by atoms with Crippen LogP contribution < -0.4 is 10.7 Å². The lowest BCUT2D eigenvalue weighted by atomic mass is 9.95. The molecule has 2 heterocycles. The summed E-state index contributed by atoms with van der Waals surface area (Å²) in [5.74, 6) is 0.0919. The minimum absolute atomic E-state index is 0.0919. The lowest BCUT2D eigenvalue weighted by Crippen LogP contribution is -2.45. The first-order valence-electron chi connectivity index (χ1n) is 10.2. The third-order valence-electron chi connectivity index (χ3n) is 6.04. The van der Waals surface area contributed by atoms with E-state index in [1.165, 1.54) is 19.3 Å². The molecule has 1 saturated carbocycles. The van der Waals surface area contributed by atoms with Gasteiger partial charge in [0.25, 0.3) is 0 Å². The average Bonchev–Trinajstić information content (AvgIpc) is 2.64. The van der Waals surface area contributed by atoms with Crippen LogP contribution in [-0.2, 0) is 17.8 Å². The topological polar surface area (TPSA) is 65.2 Å². The van der Waals surface area contributed by atoms with Crippen LogP contribution in [0.25, 0.3) is 10.9 Å². The smallest absolute Gasteiger partial charge is 0.234 e. The zero-order chi connectivity index (χ0) is 19.0. The fourth-order valence-electron chi connectivity index (χ4n) is 4.65. The standard InChI is InChI=1S/C22H29N3O2/c1-14-10-15(2)21-17(11-14)22(27)18-12-25(9-8-19(18)24-21)13-20(26)23-16-6-4-3-5-7-16/h10-11,16H,3-9,12-13H2,1-2H3,(H,23,26)(H,24,27). The van der Waals surface area contributed by atoms with Crippen LogP contribution in [0.15, 0.2) is 16.9 Å². The quantitative estimate of drug-likeness (QED) is 0.877. The maximum absolute atomic E-state index is 13.1. The van der Waals surface area contributed by atoms with E-state index < -0.39 is 0 Å². The maximum Gasteiger partial charge on any atom is 0.234 e. The molecular weight excluding hydrogens is 338 g/mol. The first kappa shape index (κ1) is 18.2. The first-order valence-corrected chi connectivity index (χ1v) is 10.2. The number of carbonyl (C=O) groups is 1. The number of aryl methyl sites for hydroxylation is 2. The Kier molecular flexibility index (Phi) is 5.04. The SMILES string of the molecule is Cc1cc(C)c2[nH]c3c(c(=O)c2c1)CN(CC(=O)NC1CCCCC1)CC3. The van der Waals surface area contributed by atoms with Crippen molar-refractivity contribution in [2.45, 2.75) is 65.0 Å². The molecule has 1 aliphatic heterocycles. The van der Waals surface area contributed by atoms with Crippen molar-refractivity contribution in [2.24, 2.45) is 0 Å². The second-order valence-corrected chi connectivity index (χ2v) is 8.28. The Labute approximate surface area is 160 Å². The molecule has 1 fully saturated rings. The highest BCUT2D eigenvalue weighted by Gasteiger charge is 2.24. The highest BCUT2D eigenvalue weighted by Crippen LogP contribution is 2.22. The molecule has 27 heavy (non-hydrogen) atoms. The van der Waals surface area contributed by atoms with Crippen LogP contribution in [0, 0.1) is 13.8 Å². The lowest BCUT2D eigenvalue weighted by molar-refractivity contribution is -0.123. The van der Waals surface area contributed by atoms with E-state index in [9.17, 15) is 9.59 Å². The molecule has 5 heteroatoms. The van der Waals surface area contributed by atoms with Crippen LogP contribution in [0.1, 0.15) is 54.5 Å². The Bertz CT molecular complexity index is 925. The minimum Gasteiger partial charge on any atom is -0.358 e. The molecule has 5 nitrogen and oxygen atoms in total. The monoisotopic (exact) mass is 367 g/mol. The summed E-state index contributed by atoms with van der Waals surface area (Å²) in [4.78, 5) is 31.1. The number of carbonyl (C=O) groups excluding carboxylic acids is 1. The number of rotatable bonds is 3. The van der Waals surface area contributed by atoms with Crippen LogP contribution in [0.2, 0.25) is 0 Å². The number of fused-ring (bicyclic) bond motifs is 2. The van der Waals surface area contributed by atoms with Crippen LogP contribution in [-0.4, -0.2) is 34.9 Å². The summed E-state index contributed by atoms with van der Waals surface area (Å²) in [6.45, 7) is 5.79. The summed E-state index contributed by atoms with van der Waals surface area (Å²) in [6.07, 6.45) is 6.68. The number of hydrogen-bond acceptors (Lipinski definition) is 3. The van der Waals surface area contributed by atoms with Crippen molar-refractivity contribution < 1.29 is 4.79 Å². The van der Waals surface area contributed by atoms with Gasteiger partial charge in [-0.25, -0.2) is 0 Å². The summed E-state index contributed by atoms with van der Waals surface area (Å²) >= 11 is 0. The summed E-state index contributed by atoms with van der Waals surface area (Å²) in [5, 5.41) is 3.95. The molecule has 144 valence electrons. The Balaban J connectivity index is 1.51. The zero-order valence-corrected chi connectivity index (χ0v) is 16.4. The van der Waals surface area contributed by atoms with Gasteiger partial charge in [0.15, 0.2) is 5.43 Å². The Morgan fingerprint density at radius 3 is 2.78 bits per heavy atom. The molecule has 1 amide bonds. The second kappa shape index (κ2) is 7.47. The number of aromatic amines is 1. The third-order valence-corrected chi connectivity index (χ3v) is 6.04. The van der Waals surface area contributed by atoms with Gasteiger partial charge in [-0.1, -0.05) is 25.3 Å². The highest BCUT2D eigenvalue weighted by molar-refractivity contribution is 5.83. The maximum atomic E-state index is 13.1. The van der Waals surface area contributed by atoms with E-state index in [1.807, 2.05) is 19.9 Å². The van der Waals surface area contributed by atoms with Crippen LogP contribution in [0.3, 0.4) is 0 Å². The molecule has 0 unspecified atom stereocenters. The van der Waals surface area contributed by atoms with E-state index in [4.69, 9.17) is 0 Å². The van der Waals surface area contributed by atoms with Gasteiger partial charge in [-0.2, -0.15) is 0 Å². The second-order valence-electron chi connectivity index (χ2n) is 8.28. The first-order chi connectivity index (χ1) is 13.0. The van der Waals surface area contributed by atoms with E-state index in [2.05, 4.69) is 21.3 Å². The molecule has 1 aromatic heterocycles. The van der Waals surface area contributed by atoms with E-state index in [-0.39, 0.29) is 11.3 Å². The largest absolute Gasteiger partial charge is 0.358 e. The summed E-state index contributed by atoms with van der Waals surface area (Å²) < 4.78 is 0. The van der Waals surface area contributed by atoms with Gasteiger partial charge in [0, 0.05) is 42.2 Å². The number of aromatic nitrogens is 1. The van der Waals surface area contributed by atoms with Crippen molar-refractivity contribution >= 4 is 16.8 Å². The Morgan fingerprint density at radius 2 is 2.00 bits per heavy atom. The molecule has 0 bridgehead atoms. The van der Waals surface area contributed by atoms with Crippen molar-refractivity contribution in [3.8, 4) is 0 Å². The lowest BCUT2D eigenvalue weighted by Gasteiger charge is -2.29. The summed E-state index contributed by atoms with van der Waals surface area (Å²) in [5.41, 5.74) is 5.13. The predicted molar refractivity (Wildman–Crippen MR) is 108 cm³/mol. The normalized spacial score (nSPS) is 18.4. The van der Waals surface area contributed by atoms with Crippen molar-refractivity contribution in [3.05, 3.63) is 44.7 Å². The number of nitrogens with one attached hydrogen (secondary N) is 2. The van der Waals surface area contributed by atoms with E-state index in [0.29, 0.717) is 19.1 Å². The van der Waals surface area contributed by atoms with Crippen molar-refractivity contribution in [3.63, 3.8) is 0 Å². The highest BCUT2D eigenvalue weighted by atomic mass is 16.2. The number of hydrogen-bond donors (Lipinski definition) is 2. The predicted octanol–water partition coefficient (Wildman–Crippen LogP) is 2.95. The molecule has 1 aromatic carbocycles. The molecule has 2 aliphatic rings. The molecule has 1 aliphatic carbocycles. The van der Waals surface area contributed by atoms with Gasteiger partial charge in [0.05, 0.1) is 12.1 Å². The van der Waals surface area contributed by atoms with E-state index in [1.54, 1.807) is 0 Å². The molecule has 4 rings (SSSR count). The molecule has 0 spiro atoms. The molecular formula is C22H29N3O2. The average molecular weight is 367 g/mol. The van der Waals surface area contributed by atoms with Gasteiger partial charge in [-0.05, 0) is 43.9 Å². The molecule has 2 aromatic rings. The number of nitrogens with zero attached hydrogens (tertiary/aromatic N) is 1. The van der Waals surface area contributed by atoms with E-state index >= 15 is 0 Å². The van der Waals surface area contributed by atoms with Crippen LogP contribution in [0.4, 0.5) is 0 Å². The van der Waals surface area contributed by atoms with Crippen LogP contribution >= 0.6 is 0 Å². The van der Waals surface area contributed by atoms with Gasteiger partial charge >= 0.3 is 0 Å². The number of pyridine rings is 1. The third kappa shape index (κ3) is 3.79. The van der Waals surface area contributed by atoms with Gasteiger partial charge in [-0.15, -0.1) is 0 Å². The number of benzene rings is 1. The van der Waals surface area contributed by atoms with Gasteiger partial charge in [0.1, 0.15) is 0 Å². The fourth-order valence-corrected chi connectivity index (χ4v) is 4.65.